The summed E-state index contributed by atoms with van der Waals surface area (Å²) in [6.07, 6.45) is 33.7. The molecule has 546 valence electrons. The summed E-state index contributed by atoms with van der Waals surface area (Å²) in [5, 5.41) is 19.3. The smallest absolute Gasteiger partial charge is 0.224 e. The molecule has 0 heterocycles. The van der Waals surface area contributed by atoms with Gasteiger partial charge in [-0.15, -0.1) is 0 Å². The quantitative estimate of drug-likeness (QED) is 0.0207. The molecule has 0 aromatic heterocycles. The Morgan fingerprint density at radius 1 is 0.176 bits per heavy atom. The lowest BCUT2D eigenvalue weighted by Gasteiger charge is -2.29. The molecule has 0 fully saturated rings. The summed E-state index contributed by atoms with van der Waals surface area (Å²) in [5.74, 6) is -0.205. The minimum absolute atomic E-state index is 0.0342. The predicted octanol–water partition coefficient (Wildman–Crippen LogP) is 25.5. The lowest BCUT2D eigenvalue weighted by molar-refractivity contribution is -0.117. The first-order valence-electron chi connectivity index (χ1n) is 39.5. The average Bonchev–Trinajstić information content (AvgIpc) is 0.716. The molecule has 0 unspecified atom stereocenters. The Balaban J connectivity index is 1.55. The van der Waals surface area contributed by atoms with Crippen LogP contribution in [0, 0.1) is 0 Å². The average molecular weight is 1380 g/mol. The van der Waals surface area contributed by atoms with Crippen LogP contribution in [0.4, 0.5) is 34.1 Å². The first-order valence-corrected chi connectivity index (χ1v) is 39.5. The number of hydrogen-bond donors (Lipinski definition) is 6. The van der Waals surface area contributed by atoms with Gasteiger partial charge in [0.25, 0.3) is 0 Å². The van der Waals surface area contributed by atoms with Crippen molar-refractivity contribution >= 4 is 69.6 Å². The number of carbonyl (C=O) groups is 6. The van der Waals surface area contributed by atoms with Crippen molar-refractivity contribution in [2.24, 2.45) is 0 Å². The van der Waals surface area contributed by atoms with Crippen LogP contribution in [0.15, 0.2) is 146 Å². The summed E-state index contributed by atoms with van der Waals surface area (Å²) in [6, 6.07) is 48.8. The summed E-state index contributed by atoms with van der Waals surface area (Å²) in [4.78, 5) is 82.0. The highest BCUT2D eigenvalue weighted by Gasteiger charge is 2.30. The SMILES string of the molecule is CCCCCCCC(=O)Nc1ccc(-c2c(-c3ccc(NC(=O)CCCCCCC)cc3)c(-c3ccc(NC(=O)CCCCCCC)cc3)c(-c3ccc(NC(=O)CCCCCCC)cc3)c(-c3ccc(NC(=O)CCCCCCC)cc3)c2-c2ccc(NC(=O)CCCCCCC)cc2)cc1. The van der Waals surface area contributed by atoms with E-state index in [4.69, 9.17) is 0 Å². The molecule has 7 aromatic rings. The van der Waals surface area contributed by atoms with Crippen LogP contribution in [-0.2, 0) is 28.8 Å². The third-order valence-corrected chi connectivity index (χ3v) is 19.3. The number of rotatable bonds is 48. The van der Waals surface area contributed by atoms with Gasteiger partial charge in [-0.2, -0.15) is 0 Å². The fourth-order valence-corrected chi connectivity index (χ4v) is 13.5. The molecule has 12 nitrogen and oxygen atoms in total. The first kappa shape index (κ1) is 80.7. The molecule has 0 bridgehead atoms. The van der Waals surface area contributed by atoms with Crippen molar-refractivity contribution in [2.45, 2.75) is 273 Å². The molecule has 0 aliphatic heterocycles. The van der Waals surface area contributed by atoms with E-state index in [0.717, 1.165) is 259 Å². The number of carbonyl (C=O) groups excluding carboxylic acids is 6. The summed E-state index contributed by atoms with van der Waals surface area (Å²) in [7, 11) is 0. The number of hydrogen-bond acceptors (Lipinski definition) is 6. The largest absolute Gasteiger partial charge is 0.326 e. The van der Waals surface area contributed by atoms with Crippen molar-refractivity contribution in [3.05, 3.63) is 146 Å². The zero-order valence-electron chi connectivity index (χ0n) is 62.8. The molecular weight excluding hydrogens is 1260 g/mol. The molecular formula is C90H120N6O6. The van der Waals surface area contributed by atoms with E-state index < -0.39 is 0 Å². The van der Waals surface area contributed by atoms with Gasteiger partial charge in [-0.25, -0.2) is 0 Å². The second-order valence-corrected chi connectivity index (χ2v) is 28.0. The summed E-state index contributed by atoms with van der Waals surface area (Å²) < 4.78 is 0. The molecule has 0 saturated carbocycles. The highest BCUT2D eigenvalue weighted by Crippen LogP contribution is 2.56. The zero-order chi connectivity index (χ0) is 72.5. The van der Waals surface area contributed by atoms with Gasteiger partial charge in [-0.05, 0) is 178 Å². The molecule has 6 amide bonds. The Kier molecular flexibility index (Phi) is 36.4. The maximum Gasteiger partial charge on any atom is 0.224 e. The van der Waals surface area contributed by atoms with E-state index in [2.05, 4.69) is 146 Å². The van der Waals surface area contributed by atoms with Crippen LogP contribution >= 0.6 is 0 Å². The monoisotopic (exact) mass is 1380 g/mol. The molecule has 0 spiro atoms. The molecule has 6 N–H and O–H groups in total. The van der Waals surface area contributed by atoms with E-state index in [1.165, 1.54) is 0 Å². The topological polar surface area (TPSA) is 175 Å². The molecule has 0 saturated heterocycles. The van der Waals surface area contributed by atoms with Crippen LogP contribution in [-0.4, -0.2) is 35.4 Å². The van der Waals surface area contributed by atoms with Gasteiger partial charge in [0.1, 0.15) is 0 Å². The molecule has 7 aromatic carbocycles. The zero-order valence-corrected chi connectivity index (χ0v) is 62.8. The maximum absolute atomic E-state index is 13.7. The minimum Gasteiger partial charge on any atom is -0.326 e. The van der Waals surface area contributed by atoms with Crippen molar-refractivity contribution in [1.29, 1.82) is 0 Å². The van der Waals surface area contributed by atoms with Gasteiger partial charge in [-0.3, -0.25) is 28.8 Å². The highest BCUT2D eigenvalue weighted by molar-refractivity contribution is 6.16. The molecule has 0 aliphatic rings. The van der Waals surface area contributed by atoms with Crippen molar-refractivity contribution in [1.82, 2.24) is 0 Å². The third-order valence-electron chi connectivity index (χ3n) is 19.3. The number of unbranched alkanes of at least 4 members (excludes halogenated alkanes) is 24. The van der Waals surface area contributed by atoms with Crippen molar-refractivity contribution in [2.75, 3.05) is 31.9 Å². The highest BCUT2D eigenvalue weighted by atomic mass is 16.2. The fourth-order valence-electron chi connectivity index (χ4n) is 13.5. The second kappa shape index (κ2) is 46.1. The van der Waals surface area contributed by atoms with Gasteiger partial charge >= 0.3 is 0 Å². The van der Waals surface area contributed by atoms with Gasteiger partial charge in [-0.1, -0.05) is 268 Å². The Labute approximate surface area is 612 Å². The number of benzene rings is 7. The lowest BCUT2D eigenvalue weighted by atomic mass is 9.74. The number of anilines is 6. The minimum atomic E-state index is -0.0342. The summed E-state index contributed by atoms with van der Waals surface area (Å²) >= 11 is 0. The van der Waals surface area contributed by atoms with Gasteiger partial charge in [0.2, 0.25) is 35.4 Å². The Hall–Kier alpha value is -8.64. The van der Waals surface area contributed by atoms with Crippen LogP contribution in [0.3, 0.4) is 0 Å². The normalized spacial score (nSPS) is 11.1. The van der Waals surface area contributed by atoms with Crippen LogP contribution in [0.25, 0.3) is 66.8 Å². The van der Waals surface area contributed by atoms with Crippen molar-refractivity contribution in [3.63, 3.8) is 0 Å². The number of nitrogens with one attached hydrogen (secondary N) is 6. The summed E-state index contributed by atoms with van der Waals surface area (Å²) in [6.45, 7) is 13.1. The second-order valence-electron chi connectivity index (χ2n) is 28.0. The molecule has 0 radical (unpaired) electrons. The van der Waals surface area contributed by atoms with E-state index in [0.29, 0.717) is 72.6 Å². The van der Waals surface area contributed by atoms with E-state index in [9.17, 15) is 28.8 Å². The van der Waals surface area contributed by atoms with E-state index >= 15 is 0 Å². The van der Waals surface area contributed by atoms with Crippen molar-refractivity contribution in [3.8, 4) is 66.8 Å². The van der Waals surface area contributed by atoms with Crippen LogP contribution < -0.4 is 31.9 Å². The molecule has 7 rings (SSSR count). The molecule has 12 heteroatoms. The molecule has 0 aliphatic carbocycles. The van der Waals surface area contributed by atoms with Gasteiger partial charge < -0.3 is 31.9 Å². The molecule has 0 atom stereocenters. The predicted molar refractivity (Wildman–Crippen MR) is 431 cm³/mol. The van der Waals surface area contributed by atoms with E-state index in [1.807, 2.05) is 72.8 Å². The van der Waals surface area contributed by atoms with Gasteiger partial charge in [0, 0.05) is 72.6 Å². The lowest BCUT2D eigenvalue weighted by Crippen LogP contribution is -2.11. The Morgan fingerprint density at radius 2 is 0.294 bits per heavy atom. The standard InChI is InChI=1S/C90H120N6O6/c1-7-13-19-25-31-37-79(97)91-73-55-43-67(44-56-73)85-86(68-45-57-74(58-46-68)92-80(98)38-32-26-20-14-8-2)88(70-49-61-76(62-50-70)94-82(100)40-34-28-22-16-10-4)90(72-53-65-78(66-54-72)96-84(102)42-36-30-24-18-12-6)89(71-51-63-77(64-52-71)95-83(101)41-35-29-23-17-11-5)87(85)69-47-59-75(60-48-69)93-81(99)39-33-27-21-15-9-3/h43-66H,7-42H2,1-6H3,(H,91,97)(H,92,98)(H,93,99)(H,94,100)(H,95,101)(H,96,102). The van der Waals surface area contributed by atoms with E-state index in [-0.39, 0.29) is 35.4 Å². The van der Waals surface area contributed by atoms with Crippen LogP contribution in [0.2, 0.25) is 0 Å². The Bertz CT molecular complexity index is 3010. The summed E-state index contributed by atoms with van der Waals surface area (Å²) in [5.41, 5.74) is 14.4. The van der Waals surface area contributed by atoms with Gasteiger partial charge in [0.15, 0.2) is 0 Å². The Morgan fingerprint density at radius 3 is 0.412 bits per heavy atom. The molecule has 102 heavy (non-hydrogen) atoms. The van der Waals surface area contributed by atoms with Crippen LogP contribution in [0.1, 0.15) is 273 Å². The van der Waals surface area contributed by atoms with Crippen molar-refractivity contribution < 1.29 is 28.8 Å². The number of amides is 6. The van der Waals surface area contributed by atoms with Crippen LogP contribution in [0.5, 0.6) is 0 Å². The third kappa shape index (κ3) is 27.3. The maximum atomic E-state index is 13.7. The fraction of sp³-hybridized carbons (Fsp3) is 0.467. The van der Waals surface area contributed by atoms with E-state index in [1.54, 1.807) is 0 Å². The first-order chi connectivity index (χ1) is 49.9. The van der Waals surface area contributed by atoms with Gasteiger partial charge in [0.05, 0.1) is 0 Å².